The van der Waals surface area contributed by atoms with Gasteiger partial charge in [0.25, 0.3) is 0 Å². The summed E-state index contributed by atoms with van der Waals surface area (Å²) in [4.78, 5) is 9.30. The van der Waals surface area contributed by atoms with Gasteiger partial charge in [-0.15, -0.1) is 0 Å². The second-order valence-corrected chi connectivity index (χ2v) is 5.83. The third-order valence-corrected chi connectivity index (χ3v) is 2.85. The lowest BCUT2D eigenvalue weighted by atomic mass is 9.92. The average Bonchev–Trinajstić information content (AvgIpc) is 2.32. The molecule has 3 heteroatoms. The van der Waals surface area contributed by atoms with Gasteiger partial charge in [-0.2, -0.15) is 0 Å². The van der Waals surface area contributed by atoms with Gasteiger partial charge in [0, 0.05) is 24.4 Å². The molecule has 1 N–H and O–H groups in total. The van der Waals surface area contributed by atoms with E-state index < -0.39 is 0 Å². The molecule has 0 atom stereocenters. The molecular weight excluding hydrogens is 222 g/mol. The Bertz CT molecular complexity index is 340. The highest BCUT2D eigenvalue weighted by Crippen LogP contribution is 2.22. The number of unbranched alkanes of at least 4 members (excludes halogenated alkanes) is 1. The Morgan fingerprint density at radius 1 is 1.11 bits per heavy atom. The standard InChI is InChI=1S/C15H27N3/c1-6-8-9-13-17-12(15(3,4)5)11-14(18-13)16-10-7-2/h11H,6-10H2,1-5H3,(H,16,17,18). The number of nitrogens with one attached hydrogen (secondary N) is 1. The second-order valence-electron chi connectivity index (χ2n) is 5.83. The van der Waals surface area contributed by atoms with Crippen LogP contribution >= 0.6 is 0 Å². The maximum atomic E-state index is 4.70. The number of aromatic nitrogens is 2. The van der Waals surface area contributed by atoms with E-state index in [1.165, 1.54) is 6.42 Å². The molecule has 0 radical (unpaired) electrons. The lowest BCUT2D eigenvalue weighted by Gasteiger charge is -2.19. The number of hydrogen-bond donors (Lipinski definition) is 1. The van der Waals surface area contributed by atoms with Gasteiger partial charge in [-0.05, 0) is 12.8 Å². The Morgan fingerprint density at radius 2 is 1.83 bits per heavy atom. The van der Waals surface area contributed by atoms with Crippen LogP contribution in [0.1, 0.15) is 65.4 Å². The molecule has 1 aromatic heterocycles. The number of hydrogen-bond acceptors (Lipinski definition) is 3. The van der Waals surface area contributed by atoms with E-state index in [4.69, 9.17) is 4.98 Å². The van der Waals surface area contributed by atoms with Crippen LogP contribution < -0.4 is 5.32 Å². The van der Waals surface area contributed by atoms with Crippen molar-refractivity contribution in [3.05, 3.63) is 17.6 Å². The van der Waals surface area contributed by atoms with Gasteiger partial charge in [-0.25, -0.2) is 9.97 Å². The Labute approximate surface area is 111 Å². The normalized spacial score (nSPS) is 11.6. The van der Waals surface area contributed by atoms with Crippen molar-refractivity contribution in [3.8, 4) is 0 Å². The first-order valence-corrected chi connectivity index (χ1v) is 7.09. The minimum atomic E-state index is 0.0759. The molecule has 0 bridgehead atoms. The average molecular weight is 249 g/mol. The van der Waals surface area contributed by atoms with E-state index in [9.17, 15) is 0 Å². The van der Waals surface area contributed by atoms with Gasteiger partial charge in [-0.3, -0.25) is 0 Å². The van der Waals surface area contributed by atoms with Crippen molar-refractivity contribution in [3.63, 3.8) is 0 Å². The first-order chi connectivity index (χ1) is 8.47. The van der Waals surface area contributed by atoms with Gasteiger partial charge in [0.2, 0.25) is 0 Å². The van der Waals surface area contributed by atoms with Gasteiger partial charge >= 0.3 is 0 Å². The van der Waals surface area contributed by atoms with Crippen LogP contribution in [0.4, 0.5) is 5.82 Å². The highest BCUT2D eigenvalue weighted by atomic mass is 15.0. The molecule has 0 aliphatic rings. The third-order valence-electron chi connectivity index (χ3n) is 2.85. The van der Waals surface area contributed by atoms with Crippen LogP contribution in [0.3, 0.4) is 0 Å². The van der Waals surface area contributed by atoms with E-state index in [2.05, 4.69) is 51.0 Å². The fraction of sp³-hybridized carbons (Fsp3) is 0.733. The molecule has 1 aromatic rings. The number of rotatable bonds is 6. The fourth-order valence-electron chi connectivity index (χ4n) is 1.67. The van der Waals surface area contributed by atoms with Crippen molar-refractivity contribution >= 4 is 5.82 Å². The number of anilines is 1. The van der Waals surface area contributed by atoms with E-state index in [-0.39, 0.29) is 5.41 Å². The minimum Gasteiger partial charge on any atom is -0.370 e. The Balaban J connectivity index is 2.96. The molecular formula is C15H27N3. The smallest absolute Gasteiger partial charge is 0.131 e. The Kier molecular flexibility index (Phi) is 5.57. The molecule has 0 aliphatic heterocycles. The molecule has 0 saturated carbocycles. The highest BCUT2D eigenvalue weighted by molar-refractivity contribution is 5.38. The summed E-state index contributed by atoms with van der Waals surface area (Å²) < 4.78 is 0. The zero-order chi connectivity index (χ0) is 13.6. The second kappa shape index (κ2) is 6.72. The van der Waals surface area contributed by atoms with Crippen LogP contribution in [0.15, 0.2) is 6.07 Å². The van der Waals surface area contributed by atoms with Crippen LogP contribution in [0.2, 0.25) is 0 Å². The zero-order valence-corrected chi connectivity index (χ0v) is 12.5. The van der Waals surface area contributed by atoms with E-state index in [0.29, 0.717) is 0 Å². The van der Waals surface area contributed by atoms with Crippen molar-refractivity contribution < 1.29 is 0 Å². The number of nitrogens with zero attached hydrogens (tertiary/aromatic N) is 2. The van der Waals surface area contributed by atoms with E-state index in [0.717, 1.165) is 43.1 Å². The van der Waals surface area contributed by atoms with Crippen molar-refractivity contribution in [1.82, 2.24) is 9.97 Å². The third kappa shape index (κ3) is 4.63. The minimum absolute atomic E-state index is 0.0759. The largest absolute Gasteiger partial charge is 0.370 e. The summed E-state index contributed by atoms with van der Waals surface area (Å²) in [5.74, 6) is 1.95. The molecule has 1 heterocycles. The fourth-order valence-corrected chi connectivity index (χ4v) is 1.67. The Morgan fingerprint density at radius 3 is 2.39 bits per heavy atom. The number of aryl methyl sites for hydroxylation is 1. The summed E-state index contributed by atoms with van der Waals surface area (Å²) in [6, 6.07) is 2.09. The predicted molar refractivity (Wildman–Crippen MR) is 78.1 cm³/mol. The summed E-state index contributed by atoms with van der Waals surface area (Å²) in [5, 5.41) is 3.37. The molecule has 0 unspecified atom stereocenters. The molecule has 1 rings (SSSR count). The summed E-state index contributed by atoms with van der Waals surface area (Å²) in [6.07, 6.45) is 4.42. The van der Waals surface area contributed by atoms with Gasteiger partial charge < -0.3 is 5.32 Å². The predicted octanol–water partition coefficient (Wildman–Crippen LogP) is 3.94. The molecule has 0 saturated heterocycles. The van der Waals surface area contributed by atoms with Crippen LogP contribution in [0, 0.1) is 0 Å². The van der Waals surface area contributed by atoms with Gasteiger partial charge in [-0.1, -0.05) is 41.0 Å². The molecule has 0 spiro atoms. The highest BCUT2D eigenvalue weighted by Gasteiger charge is 2.17. The molecule has 0 fully saturated rings. The van der Waals surface area contributed by atoms with Gasteiger partial charge in [0.05, 0.1) is 5.69 Å². The summed E-state index contributed by atoms with van der Waals surface area (Å²) in [6.45, 7) is 11.9. The van der Waals surface area contributed by atoms with E-state index in [1.54, 1.807) is 0 Å². The first kappa shape index (κ1) is 14.9. The molecule has 0 amide bonds. The Hall–Kier alpha value is -1.12. The maximum absolute atomic E-state index is 4.70. The first-order valence-electron chi connectivity index (χ1n) is 7.09. The summed E-state index contributed by atoms with van der Waals surface area (Å²) in [5.41, 5.74) is 1.20. The van der Waals surface area contributed by atoms with Crippen molar-refractivity contribution in [2.45, 2.75) is 65.7 Å². The maximum Gasteiger partial charge on any atom is 0.131 e. The van der Waals surface area contributed by atoms with E-state index in [1.807, 2.05) is 0 Å². The van der Waals surface area contributed by atoms with Crippen LogP contribution in [-0.4, -0.2) is 16.5 Å². The van der Waals surface area contributed by atoms with Crippen LogP contribution in [-0.2, 0) is 11.8 Å². The quantitative estimate of drug-likeness (QED) is 0.830. The van der Waals surface area contributed by atoms with Gasteiger partial charge in [0.15, 0.2) is 0 Å². The molecule has 0 aliphatic carbocycles. The molecule has 3 nitrogen and oxygen atoms in total. The molecule has 0 aromatic carbocycles. The van der Waals surface area contributed by atoms with E-state index >= 15 is 0 Å². The SMILES string of the molecule is CCCCc1nc(NCCC)cc(C(C)(C)C)n1. The monoisotopic (exact) mass is 249 g/mol. The topological polar surface area (TPSA) is 37.8 Å². The summed E-state index contributed by atoms with van der Waals surface area (Å²) >= 11 is 0. The summed E-state index contributed by atoms with van der Waals surface area (Å²) in [7, 11) is 0. The van der Waals surface area contributed by atoms with Crippen LogP contribution in [0.25, 0.3) is 0 Å². The lowest BCUT2D eigenvalue weighted by molar-refractivity contribution is 0.560. The molecule has 102 valence electrons. The van der Waals surface area contributed by atoms with Gasteiger partial charge in [0.1, 0.15) is 11.6 Å². The van der Waals surface area contributed by atoms with Crippen molar-refractivity contribution in [2.75, 3.05) is 11.9 Å². The van der Waals surface area contributed by atoms with Crippen molar-refractivity contribution in [1.29, 1.82) is 0 Å². The van der Waals surface area contributed by atoms with Crippen LogP contribution in [0.5, 0.6) is 0 Å². The molecule has 18 heavy (non-hydrogen) atoms. The zero-order valence-electron chi connectivity index (χ0n) is 12.5. The van der Waals surface area contributed by atoms with Crippen molar-refractivity contribution in [2.24, 2.45) is 0 Å². The lowest BCUT2D eigenvalue weighted by Crippen LogP contribution is -2.17.